The number of nitrogen functional groups attached to an aromatic ring is 1. The first kappa shape index (κ1) is 12.3. The van der Waals surface area contributed by atoms with Gasteiger partial charge in [0.25, 0.3) is 5.89 Å². The summed E-state index contributed by atoms with van der Waals surface area (Å²) in [5.41, 5.74) is 9.72. The summed E-state index contributed by atoms with van der Waals surface area (Å²) >= 11 is 0. The molecule has 0 radical (unpaired) electrons. The molecule has 0 unspecified atom stereocenters. The maximum absolute atomic E-state index is 5.81. The molecule has 3 rings (SSSR count). The van der Waals surface area contributed by atoms with E-state index in [0.29, 0.717) is 23.1 Å². The molecule has 5 heteroatoms. The van der Waals surface area contributed by atoms with Crippen LogP contribution in [0.1, 0.15) is 11.1 Å². The van der Waals surface area contributed by atoms with Crippen molar-refractivity contribution >= 4 is 5.82 Å². The number of hydrogen-bond acceptors (Lipinski definition) is 5. The number of rotatable bonds is 2. The number of pyridine rings is 1. The van der Waals surface area contributed by atoms with Crippen LogP contribution in [0.15, 0.2) is 41.1 Å². The number of aromatic nitrogens is 3. The Morgan fingerprint density at radius 1 is 1.10 bits per heavy atom. The predicted molar refractivity (Wildman–Crippen MR) is 76.9 cm³/mol. The summed E-state index contributed by atoms with van der Waals surface area (Å²) in [7, 11) is 0. The number of aryl methyl sites for hydroxylation is 2. The lowest BCUT2D eigenvalue weighted by Crippen LogP contribution is -1.93. The topological polar surface area (TPSA) is 77.8 Å². The van der Waals surface area contributed by atoms with Gasteiger partial charge in [0.15, 0.2) is 0 Å². The van der Waals surface area contributed by atoms with E-state index < -0.39 is 0 Å². The first-order valence-corrected chi connectivity index (χ1v) is 6.27. The van der Waals surface area contributed by atoms with E-state index in [-0.39, 0.29) is 0 Å². The molecule has 2 aromatic heterocycles. The van der Waals surface area contributed by atoms with Gasteiger partial charge in [-0.3, -0.25) is 0 Å². The lowest BCUT2D eigenvalue weighted by molar-refractivity contribution is 0.432. The molecule has 0 saturated carbocycles. The van der Waals surface area contributed by atoms with Crippen molar-refractivity contribution in [3.05, 3.63) is 47.7 Å². The van der Waals surface area contributed by atoms with Crippen LogP contribution >= 0.6 is 0 Å². The number of nitrogens with zero attached hydrogens (tertiary/aromatic N) is 3. The molecule has 0 aliphatic rings. The van der Waals surface area contributed by atoms with Crippen LogP contribution in [0.2, 0.25) is 0 Å². The monoisotopic (exact) mass is 266 g/mol. The second kappa shape index (κ2) is 4.77. The van der Waals surface area contributed by atoms with E-state index in [1.165, 1.54) is 5.56 Å². The second-order valence-corrected chi connectivity index (χ2v) is 4.68. The first-order chi connectivity index (χ1) is 9.65. The van der Waals surface area contributed by atoms with Crippen molar-refractivity contribution in [2.75, 3.05) is 5.73 Å². The Bertz CT molecular complexity index is 764. The smallest absolute Gasteiger partial charge is 0.261 e. The summed E-state index contributed by atoms with van der Waals surface area (Å²) in [6, 6.07) is 9.70. The van der Waals surface area contributed by atoms with E-state index in [1.807, 2.05) is 25.1 Å². The minimum absolute atomic E-state index is 0.378. The average molecular weight is 266 g/mol. The summed E-state index contributed by atoms with van der Waals surface area (Å²) in [6.07, 6.45) is 1.63. The third-order valence-electron chi connectivity index (χ3n) is 3.12. The lowest BCUT2D eigenvalue weighted by Gasteiger charge is -2.01. The molecule has 0 atom stereocenters. The molecule has 0 aliphatic carbocycles. The van der Waals surface area contributed by atoms with Gasteiger partial charge in [0.1, 0.15) is 5.82 Å². The number of benzene rings is 1. The van der Waals surface area contributed by atoms with Gasteiger partial charge in [0.05, 0.1) is 5.56 Å². The molecule has 5 nitrogen and oxygen atoms in total. The Kier molecular flexibility index (Phi) is 2.95. The van der Waals surface area contributed by atoms with Crippen molar-refractivity contribution < 1.29 is 4.52 Å². The van der Waals surface area contributed by atoms with Crippen molar-refractivity contribution in [2.24, 2.45) is 0 Å². The van der Waals surface area contributed by atoms with E-state index in [9.17, 15) is 0 Å². The molecule has 0 fully saturated rings. The quantitative estimate of drug-likeness (QED) is 0.771. The highest BCUT2D eigenvalue weighted by Crippen LogP contribution is 2.26. The molecule has 0 bridgehead atoms. The molecule has 3 aromatic rings. The summed E-state index contributed by atoms with van der Waals surface area (Å²) in [5.74, 6) is 1.31. The van der Waals surface area contributed by atoms with Gasteiger partial charge in [-0.05, 0) is 31.5 Å². The molecule has 0 aliphatic heterocycles. The van der Waals surface area contributed by atoms with E-state index >= 15 is 0 Å². The van der Waals surface area contributed by atoms with Gasteiger partial charge in [-0.1, -0.05) is 28.9 Å². The van der Waals surface area contributed by atoms with Crippen LogP contribution in [0, 0.1) is 13.8 Å². The Balaban J connectivity index is 2.04. The fraction of sp³-hybridized carbons (Fsp3) is 0.133. The van der Waals surface area contributed by atoms with Crippen LogP contribution < -0.4 is 5.73 Å². The van der Waals surface area contributed by atoms with Gasteiger partial charge < -0.3 is 10.3 Å². The van der Waals surface area contributed by atoms with Crippen LogP contribution in [-0.2, 0) is 0 Å². The summed E-state index contributed by atoms with van der Waals surface area (Å²) in [5, 5.41) is 4.02. The van der Waals surface area contributed by atoms with E-state index in [2.05, 4.69) is 28.1 Å². The Morgan fingerprint density at radius 2 is 1.95 bits per heavy atom. The predicted octanol–water partition coefficient (Wildman–Crippen LogP) is 3.00. The van der Waals surface area contributed by atoms with Crippen molar-refractivity contribution in [3.63, 3.8) is 0 Å². The SMILES string of the molecule is Cc1ccc(-c2noc(-c3cccnc3N)n2)c(C)c1. The number of hydrogen-bond donors (Lipinski definition) is 1. The van der Waals surface area contributed by atoms with Crippen molar-refractivity contribution in [2.45, 2.75) is 13.8 Å². The maximum Gasteiger partial charge on any atom is 0.261 e. The van der Waals surface area contributed by atoms with Gasteiger partial charge >= 0.3 is 0 Å². The van der Waals surface area contributed by atoms with Crippen LogP contribution in [0.25, 0.3) is 22.8 Å². The highest BCUT2D eigenvalue weighted by atomic mass is 16.5. The van der Waals surface area contributed by atoms with Gasteiger partial charge in [-0.15, -0.1) is 0 Å². The Morgan fingerprint density at radius 3 is 2.70 bits per heavy atom. The molecule has 100 valence electrons. The lowest BCUT2D eigenvalue weighted by atomic mass is 10.1. The van der Waals surface area contributed by atoms with Gasteiger partial charge in [0.2, 0.25) is 5.82 Å². The summed E-state index contributed by atoms with van der Waals surface area (Å²) < 4.78 is 5.29. The van der Waals surface area contributed by atoms with Crippen molar-refractivity contribution in [3.8, 4) is 22.8 Å². The number of nitrogens with two attached hydrogens (primary N) is 1. The summed E-state index contributed by atoms with van der Waals surface area (Å²) in [6.45, 7) is 4.07. The highest BCUT2D eigenvalue weighted by molar-refractivity contribution is 5.69. The number of anilines is 1. The standard InChI is InChI=1S/C15H14N4O/c1-9-5-6-11(10(2)8-9)14-18-15(20-19-14)12-4-3-7-17-13(12)16/h3-8H,1-2H3,(H2,16,17). The van der Waals surface area contributed by atoms with Crippen molar-refractivity contribution in [1.82, 2.24) is 15.1 Å². The van der Waals surface area contributed by atoms with E-state index in [4.69, 9.17) is 10.3 Å². The molecular formula is C15H14N4O. The molecule has 0 spiro atoms. The second-order valence-electron chi connectivity index (χ2n) is 4.68. The van der Waals surface area contributed by atoms with Crippen LogP contribution in [0.4, 0.5) is 5.82 Å². The van der Waals surface area contributed by atoms with E-state index in [1.54, 1.807) is 12.3 Å². The molecule has 20 heavy (non-hydrogen) atoms. The molecular weight excluding hydrogens is 252 g/mol. The van der Waals surface area contributed by atoms with Crippen LogP contribution in [-0.4, -0.2) is 15.1 Å². The van der Waals surface area contributed by atoms with Crippen molar-refractivity contribution in [1.29, 1.82) is 0 Å². The maximum atomic E-state index is 5.81. The zero-order valence-corrected chi connectivity index (χ0v) is 11.3. The Labute approximate surface area is 116 Å². The molecule has 0 saturated heterocycles. The minimum atomic E-state index is 0.378. The molecule has 2 N–H and O–H groups in total. The van der Waals surface area contributed by atoms with Gasteiger partial charge in [0, 0.05) is 11.8 Å². The van der Waals surface area contributed by atoms with Gasteiger partial charge in [-0.2, -0.15) is 4.98 Å². The average Bonchev–Trinajstić information content (AvgIpc) is 2.88. The zero-order valence-electron chi connectivity index (χ0n) is 11.3. The fourth-order valence-corrected chi connectivity index (χ4v) is 2.11. The molecule has 2 heterocycles. The zero-order chi connectivity index (χ0) is 14.1. The summed E-state index contributed by atoms with van der Waals surface area (Å²) in [4.78, 5) is 8.42. The molecule has 0 amide bonds. The highest BCUT2D eigenvalue weighted by Gasteiger charge is 2.14. The minimum Gasteiger partial charge on any atom is -0.383 e. The molecule has 1 aromatic carbocycles. The van der Waals surface area contributed by atoms with Gasteiger partial charge in [-0.25, -0.2) is 4.98 Å². The largest absolute Gasteiger partial charge is 0.383 e. The van der Waals surface area contributed by atoms with E-state index in [0.717, 1.165) is 11.1 Å². The first-order valence-electron chi connectivity index (χ1n) is 6.27. The van der Waals surface area contributed by atoms with Crippen LogP contribution in [0.5, 0.6) is 0 Å². The Hall–Kier alpha value is -2.69. The third kappa shape index (κ3) is 2.14. The normalized spacial score (nSPS) is 10.7. The van der Waals surface area contributed by atoms with Crippen LogP contribution in [0.3, 0.4) is 0 Å². The third-order valence-corrected chi connectivity index (χ3v) is 3.12. The fourth-order valence-electron chi connectivity index (χ4n) is 2.11.